The molecule has 0 aliphatic heterocycles. The predicted octanol–water partition coefficient (Wildman–Crippen LogP) is 4.22. The van der Waals surface area contributed by atoms with Crippen molar-refractivity contribution in [2.75, 3.05) is 12.4 Å². The van der Waals surface area contributed by atoms with Gasteiger partial charge in [0.05, 0.1) is 12.7 Å². The largest absolute Gasteiger partial charge is 0.453 e. The highest BCUT2D eigenvalue weighted by Gasteiger charge is 2.20. The van der Waals surface area contributed by atoms with Crippen molar-refractivity contribution in [1.29, 1.82) is 0 Å². The van der Waals surface area contributed by atoms with Crippen molar-refractivity contribution in [3.8, 4) is 0 Å². The second-order valence-corrected chi connectivity index (χ2v) is 7.67. The molecule has 1 aliphatic rings. The first-order valence-electron chi connectivity index (χ1n) is 8.99. The topological polar surface area (TPSA) is 80.3 Å². The maximum Gasteiger partial charge on any atom is 0.411 e. The Morgan fingerprint density at radius 3 is 2.63 bits per heavy atom. The molecule has 142 valence electrons. The SMILES string of the molecule is COC(=O)Nc1ccc(CNC(=O)c2cccnc2SC2CCCC2)cc1. The molecule has 6 nitrogen and oxygen atoms in total. The molecule has 0 saturated heterocycles. The third kappa shape index (κ3) is 5.47. The molecule has 0 spiro atoms. The summed E-state index contributed by atoms with van der Waals surface area (Å²) in [7, 11) is 1.32. The number of nitrogens with one attached hydrogen (secondary N) is 2. The normalized spacial score (nSPS) is 14.0. The molecule has 1 fully saturated rings. The zero-order valence-electron chi connectivity index (χ0n) is 15.2. The fourth-order valence-corrected chi connectivity index (χ4v) is 4.27. The summed E-state index contributed by atoms with van der Waals surface area (Å²) in [6.07, 6.45) is 6.11. The summed E-state index contributed by atoms with van der Waals surface area (Å²) < 4.78 is 4.56. The van der Waals surface area contributed by atoms with E-state index >= 15 is 0 Å². The number of aromatic nitrogens is 1. The Kier molecular flexibility index (Phi) is 6.70. The van der Waals surface area contributed by atoms with E-state index in [-0.39, 0.29) is 5.91 Å². The minimum Gasteiger partial charge on any atom is -0.453 e. The monoisotopic (exact) mass is 385 g/mol. The summed E-state index contributed by atoms with van der Waals surface area (Å²) >= 11 is 1.71. The van der Waals surface area contributed by atoms with E-state index in [1.54, 1.807) is 36.2 Å². The molecule has 1 aromatic carbocycles. The van der Waals surface area contributed by atoms with Crippen molar-refractivity contribution in [3.63, 3.8) is 0 Å². The molecule has 0 bridgehead atoms. The number of carbonyl (C=O) groups excluding carboxylic acids is 2. The van der Waals surface area contributed by atoms with Gasteiger partial charge in [0.2, 0.25) is 0 Å². The van der Waals surface area contributed by atoms with Gasteiger partial charge < -0.3 is 10.1 Å². The summed E-state index contributed by atoms with van der Waals surface area (Å²) in [5.41, 5.74) is 2.20. The predicted molar refractivity (Wildman–Crippen MR) is 106 cm³/mol. The third-order valence-electron chi connectivity index (χ3n) is 4.44. The van der Waals surface area contributed by atoms with Crippen LogP contribution in [0.25, 0.3) is 0 Å². The lowest BCUT2D eigenvalue weighted by Crippen LogP contribution is -2.24. The van der Waals surface area contributed by atoms with E-state index in [1.165, 1.54) is 32.8 Å². The highest BCUT2D eigenvalue weighted by molar-refractivity contribution is 7.99. The van der Waals surface area contributed by atoms with Crippen LogP contribution in [0.3, 0.4) is 0 Å². The van der Waals surface area contributed by atoms with Gasteiger partial charge in [0.1, 0.15) is 5.03 Å². The van der Waals surface area contributed by atoms with Crippen LogP contribution < -0.4 is 10.6 Å². The number of nitrogens with zero attached hydrogens (tertiary/aromatic N) is 1. The molecule has 1 aromatic heterocycles. The van der Waals surface area contributed by atoms with Crippen LogP contribution in [0, 0.1) is 0 Å². The Bertz CT molecular complexity index is 789. The van der Waals surface area contributed by atoms with Gasteiger partial charge in [0.25, 0.3) is 5.91 Å². The lowest BCUT2D eigenvalue weighted by atomic mass is 10.2. The lowest BCUT2D eigenvalue weighted by molar-refractivity contribution is 0.0947. The molecule has 0 radical (unpaired) electrons. The number of pyridine rings is 1. The molecule has 1 saturated carbocycles. The lowest BCUT2D eigenvalue weighted by Gasteiger charge is -2.12. The number of hydrogen-bond acceptors (Lipinski definition) is 5. The van der Waals surface area contributed by atoms with Crippen molar-refractivity contribution in [2.45, 2.75) is 42.5 Å². The summed E-state index contributed by atoms with van der Waals surface area (Å²) in [5.74, 6) is -0.125. The van der Waals surface area contributed by atoms with Crippen LogP contribution in [0.2, 0.25) is 0 Å². The molecular formula is C20H23N3O3S. The van der Waals surface area contributed by atoms with Crippen LogP contribution in [-0.2, 0) is 11.3 Å². The average Bonchev–Trinajstić information content (AvgIpc) is 3.20. The number of rotatable bonds is 6. The van der Waals surface area contributed by atoms with Gasteiger partial charge in [0, 0.05) is 23.7 Å². The molecule has 2 amide bonds. The fraction of sp³-hybridized carbons (Fsp3) is 0.350. The number of thioether (sulfide) groups is 1. The third-order valence-corrected chi connectivity index (χ3v) is 5.79. The number of amides is 2. The van der Waals surface area contributed by atoms with E-state index in [0.29, 0.717) is 23.0 Å². The van der Waals surface area contributed by atoms with Gasteiger partial charge in [-0.05, 0) is 42.7 Å². The van der Waals surface area contributed by atoms with Crippen LogP contribution in [-0.4, -0.2) is 29.3 Å². The highest BCUT2D eigenvalue weighted by atomic mass is 32.2. The first kappa shape index (κ1) is 19.2. The van der Waals surface area contributed by atoms with Gasteiger partial charge in [-0.3, -0.25) is 10.1 Å². The minimum atomic E-state index is -0.514. The molecular weight excluding hydrogens is 362 g/mol. The van der Waals surface area contributed by atoms with Crippen LogP contribution in [0.4, 0.5) is 10.5 Å². The van der Waals surface area contributed by atoms with E-state index in [2.05, 4.69) is 20.4 Å². The second kappa shape index (κ2) is 9.41. The van der Waals surface area contributed by atoms with Crippen LogP contribution in [0.5, 0.6) is 0 Å². The Hall–Kier alpha value is -2.54. The van der Waals surface area contributed by atoms with Crippen molar-refractivity contribution in [2.24, 2.45) is 0 Å². The quantitative estimate of drug-likeness (QED) is 0.778. The van der Waals surface area contributed by atoms with Crippen LogP contribution in [0.15, 0.2) is 47.6 Å². The molecule has 2 N–H and O–H groups in total. The van der Waals surface area contributed by atoms with Crippen molar-refractivity contribution >= 4 is 29.4 Å². The molecule has 1 aliphatic carbocycles. The molecule has 0 atom stereocenters. The molecule has 7 heteroatoms. The van der Waals surface area contributed by atoms with Crippen molar-refractivity contribution in [1.82, 2.24) is 10.3 Å². The first-order chi connectivity index (χ1) is 13.2. The van der Waals surface area contributed by atoms with Crippen molar-refractivity contribution < 1.29 is 14.3 Å². The average molecular weight is 385 g/mol. The van der Waals surface area contributed by atoms with Crippen LogP contribution >= 0.6 is 11.8 Å². The Morgan fingerprint density at radius 1 is 1.19 bits per heavy atom. The summed E-state index contributed by atoms with van der Waals surface area (Å²) in [6, 6.07) is 10.9. The molecule has 0 unspecified atom stereocenters. The number of hydrogen-bond donors (Lipinski definition) is 2. The van der Waals surface area contributed by atoms with Gasteiger partial charge in [-0.25, -0.2) is 9.78 Å². The van der Waals surface area contributed by atoms with Crippen molar-refractivity contribution in [3.05, 3.63) is 53.7 Å². The molecule has 3 rings (SSSR count). The number of benzene rings is 1. The Balaban J connectivity index is 1.58. The van der Waals surface area contributed by atoms with E-state index in [9.17, 15) is 9.59 Å². The summed E-state index contributed by atoms with van der Waals surface area (Å²) in [4.78, 5) is 28.2. The number of ether oxygens (including phenoxy) is 1. The molecule has 1 heterocycles. The van der Waals surface area contributed by atoms with E-state index < -0.39 is 6.09 Å². The zero-order valence-corrected chi connectivity index (χ0v) is 16.1. The smallest absolute Gasteiger partial charge is 0.411 e. The Morgan fingerprint density at radius 2 is 1.93 bits per heavy atom. The summed E-state index contributed by atoms with van der Waals surface area (Å²) in [6.45, 7) is 0.403. The van der Waals surface area contributed by atoms with E-state index in [1.807, 2.05) is 18.2 Å². The fourth-order valence-electron chi connectivity index (χ4n) is 2.97. The standard InChI is InChI=1S/C20H23N3O3S/c1-26-20(25)23-15-10-8-14(9-11-15)13-22-18(24)17-7-4-12-21-19(17)27-16-5-2-3-6-16/h4,7-12,16H,2-3,5-6,13H2,1H3,(H,22,24)(H,23,25). The van der Waals surface area contributed by atoms with E-state index in [4.69, 9.17) is 0 Å². The Labute approximate surface area is 163 Å². The highest BCUT2D eigenvalue weighted by Crippen LogP contribution is 2.35. The number of anilines is 1. The van der Waals surface area contributed by atoms with Gasteiger partial charge in [0.15, 0.2) is 0 Å². The van der Waals surface area contributed by atoms with Crippen LogP contribution in [0.1, 0.15) is 41.6 Å². The van der Waals surface area contributed by atoms with E-state index in [0.717, 1.165) is 10.6 Å². The number of methoxy groups -OCH3 is 1. The van der Waals surface area contributed by atoms with Gasteiger partial charge in [-0.2, -0.15) is 0 Å². The summed E-state index contributed by atoms with van der Waals surface area (Å²) in [5, 5.41) is 6.90. The van der Waals surface area contributed by atoms with Gasteiger partial charge in [-0.1, -0.05) is 25.0 Å². The molecule has 2 aromatic rings. The van der Waals surface area contributed by atoms with Gasteiger partial charge in [-0.15, -0.1) is 11.8 Å². The maximum atomic E-state index is 12.6. The first-order valence-corrected chi connectivity index (χ1v) is 9.87. The minimum absolute atomic E-state index is 0.125. The zero-order chi connectivity index (χ0) is 19.1. The maximum absolute atomic E-state index is 12.6. The molecule has 27 heavy (non-hydrogen) atoms. The number of carbonyl (C=O) groups is 2. The second-order valence-electron chi connectivity index (χ2n) is 6.38. The van der Waals surface area contributed by atoms with Gasteiger partial charge >= 0.3 is 6.09 Å².